The molecule has 2 aromatic heterocycles. The molecule has 3 aromatic rings. The second-order valence-corrected chi connectivity index (χ2v) is 5.50. The minimum absolute atomic E-state index is 0.0876. The summed E-state index contributed by atoms with van der Waals surface area (Å²) >= 11 is 0. The molecule has 0 saturated heterocycles. The number of amides is 1. The number of carbonyl (C=O) groups excluding carboxylic acids is 2. The molecule has 9 nitrogen and oxygen atoms in total. The minimum atomic E-state index is -0.560. The summed E-state index contributed by atoms with van der Waals surface area (Å²) in [6, 6.07) is 8.54. The van der Waals surface area contributed by atoms with Crippen molar-refractivity contribution in [2.75, 3.05) is 12.4 Å². The Morgan fingerprint density at radius 1 is 1.22 bits per heavy atom. The maximum absolute atomic E-state index is 12.1. The van der Waals surface area contributed by atoms with Crippen molar-refractivity contribution in [3.8, 4) is 5.75 Å². The lowest BCUT2D eigenvalue weighted by Crippen LogP contribution is -2.15. The molecule has 0 aliphatic heterocycles. The van der Waals surface area contributed by atoms with Crippen molar-refractivity contribution >= 4 is 17.6 Å². The lowest BCUT2D eigenvalue weighted by molar-refractivity contribution is -0.115. The lowest BCUT2D eigenvalue weighted by Gasteiger charge is -2.08. The van der Waals surface area contributed by atoms with Gasteiger partial charge in [-0.1, -0.05) is 17.3 Å². The average molecular weight is 371 g/mol. The average Bonchev–Trinajstić information content (AvgIpc) is 3.29. The van der Waals surface area contributed by atoms with Crippen molar-refractivity contribution in [3.63, 3.8) is 0 Å². The molecule has 2 heterocycles. The van der Waals surface area contributed by atoms with Crippen LogP contribution in [0.2, 0.25) is 0 Å². The Bertz CT molecular complexity index is 946. The van der Waals surface area contributed by atoms with Gasteiger partial charge in [-0.05, 0) is 25.1 Å². The first kappa shape index (κ1) is 18.2. The predicted octanol–water partition coefficient (Wildman–Crippen LogP) is 2.52. The third-order valence-corrected chi connectivity index (χ3v) is 3.62. The van der Waals surface area contributed by atoms with E-state index in [2.05, 4.69) is 15.5 Å². The maximum atomic E-state index is 12.1. The van der Waals surface area contributed by atoms with Gasteiger partial charge in [0.25, 0.3) is 5.89 Å². The van der Waals surface area contributed by atoms with E-state index in [4.69, 9.17) is 18.4 Å². The van der Waals surface area contributed by atoms with Crippen LogP contribution in [0.15, 0.2) is 45.5 Å². The number of anilines is 1. The summed E-state index contributed by atoms with van der Waals surface area (Å²) in [5.74, 6) is 0.366. The van der Waals surface area contributed by atoms with E-state index >= 15 is 0 Å². The SMILES string of the molecule is COc1ccccc1NC(=O)Cc1noc(COC(=O)c2ccoc2C)n1. The zero-order valence-electron chi connectivity index (χ0n) is 14.7. The lowest BCUT2D eigenvalue weighted by atomic mass is 10.2. The molecule has 0 fully saturated rings. The number of benzene rings is 1. The highest BCUT2D eigenvalue weighted by molar-refractivity contribution is 5.93. The van der Waals surface area contributed by atoms with Crippen LogP contribution >= 0.6 is 0 Å². The Hall–Kier alpha value is -3.62. The fourth-order valence-corrected chi connectivity index (χ4v) is 2.31. The predicted molar refractivity (Wildman–Crippen MR) is 92.2 cm³/mol. The molecule has 1 amide bonds. The zero-order chi connectivity index (χ0) is 19.2. The number of hydrogen-bond donors (Lipinski definition) is 1. The van der Waals surface area contributed by atoms with Gasteiger partial charge in [-0.25, -0.2) is 4.79 Å². The van der Waals surface area contributed by atoms with E-state index in [1.54, 1.807) is 31.2 Å². The number of aryl methyl sites for hydroxylation is 1. The number of rotatable bonds is 7. The third kappa shape index (κ3) is 4.51. The Labute approximate surface area is 154 Å². The molecule has 9 heteroatoms. The van der Waals surface area contributed by atoms with E-state index in [1.807, 2.05) is 0 Å². The van der Waals surface area contributed by atoms with Crippen molar-refractivity contribution in [1.82, 2.24) is 10.1 Å². The van der Waals surface area contributed by atoms with E-state index in [1.165, 1.54) is 19.4 Å². The first-order valence-electron chi connectivity index (χ1n) is 8.02. The van der Waals surface area contributed by atoms with Gasteiger partial charge in [0.2, 0.25) is 5.91 Å². The van der Waals surface area contributed by atoms with Crippen LogP contribution < -0.4 is 10.1 Å². The smallest absolute Gasteiger partial charge is 0.342 e. The molecule has 0 unspecified atom stereocenters. The monoisotopic (exact) mass is 371 g/mol. The summed E-state index contributed by atoms with van der Waals surface area (Å²) in [7, 11) is 1.52. The molecule has 0 bridgehead atoms. The molecule has 0 atom stereocenters. The fourth-order valence-electron chi connectivity index (χ4n) is 2.31. The van der Waals surface area contributed by atoms with Crippen LogP contribution in [0.5, 0.6) is 5.75 Å². The van der Waals surface area contributed by atoms with E-state index in [-0.39, 0.29) is 30.7 Å². The van der Waals surface area contributed by atoms with Crippen LogP contribution in [0.1, 0.15) is 27.8 Å². The summed E-state index contributed by atoms with van der Waals surface area (Å²) in [6.45, 7) is 1.45. The quantitative estimate of drug-likeness (QED) is 0.630. The molecule has 0 saturated carbocycles. The highest BCUT2D eigenvalue weighted by Gasteiger charge is 2.16. The first-order valence-corrected chi connectivity index (χ1v) is 8.02. The number of furan rings is 1. The van der Waals surface area contributed by atoms with Gasteiger partial charge >= 0.3 is 5.97 Å². The van der Waals surface area contributed by atoms with Gasteiger partial charge in [0.15, 0.2) is 12.4 Å². The van der Waals surface area contributed by atoms with E-state index in [0.717, 1.165) is 0 Å². The maximum Gasteiger partial charge on any atom is 0.342 e. The number of nitrogens with zero attached hydrogens (tertiary/aromatic N) is 2. The molecule has 1 N–H and O–H groups in total. The molecule has 27 heavy (non-hydrogen) atoms. The number of aromatic nitrogens is 2. The van der Waals surface area contributed by atoms with Gasteiger partial charge in [0, 0.05) is 0 Å². The molecule has 0 radical (unpaired) electrons. The second kappa shape index (κ2) is 8.17. The number of hydrogen-bond acceptors (Lipinski definition) is 8. The molecular formula is C18H17N3O6. The van der Waals surface area contributed by atoms with Crippen LogP contribution in [-0.2, 0) is 22.6 Å². The Morgan fingerprint density at radius 2 is 2.04 bits per heavy atom. The zero-order valence-corrected chi connectivity index (χ0v) is 14.7. The van der Waals surface area contributed by atoms with Gasteiger partial charge in [-0.2, -0.15) is 4.98 Å². The van der Waals surface area contributed by atoms with Crippen molar-refractivity contribution in [2.24, 2.45) is 0 Å². The second-order valence-electron chi connectivity index (χ2n) is 5.50. The molecule has 0 aliphatic rings. The van der Waals surface area contributed by atoms with Gasteiger partial charge in [0.05, 0.1) is 25.5 Å². The Kier molecular flexibility index (Phi) is 5.50. The van der Waals surface area contributed by atoms with Gasteiger partial charge in [-0.3, -0.25) is 4.79 Å². The van der Waals surface area contributed by atoms with E-state index in [9.17, 15) is 9.59 Å². The van der Waals surface area contributed by atoms with Crippen molar-refractivity contribution in [1.29, 1.82) is 0 Å². The van der Waals surface area contributed by atoms with Crippen LogP contribution in [0.3, 0.4) is 0 Å². The molecule has 140 valence electrons. The number of carbonyl (C=O) groups is 2. The summed E-state index contributed by atoms with van der Waals surface area (Å²) in [6.07, 6.45) is 1.30. The van der Waals surface area contributed by atoms with Crippen LogP contribution in [0.4, 0.5) is 5.69 Å². The third-order valence-electron chi connectivity index (χ3n) is 3.62. The van der Waals surface area contributed by atoms with Gasteiger partial charge in [-0.15, -0.1) is 0 Å². The van der Waals surface area contributed by atoms with Crippen LogP contribution in [0.25, 0.3) is 0 Å². The molecule has 1 aromatic carbocycles. The van der Waals surface area contributed by atoms with Crippen molar-refractivity contribution in [3.05, 3.63) is 59.6 Å². The summed E-state index contributed by atoms with van der Waals surface area (Å²) in [5.41, 5.74) is 0.865. The van der Waals surface area contributed by atoms with Crippen LogP contribution in [0, 0.1) is 6.92 Å². The first-order chi connectivity index (χ1) is 13.1. The number of esters is 1. The molecule has 3 rings (SSSR count). The standard InChI is InChI=1S/C18H17N3O6/c1-11-12(7-8-25-11)18(23)26-10-17-20-15(21-27-17)9-16(22)19-13-5-3-4-6-14(13)24-2/h3-8H,9-10H2,1-2H3,(H,19,22). The summed E-state index contributed by atoms with van der Waals surface area (Å²) in [5, 5.41) is 6.42. The van der Waals surface area contributed by atoms with Crippen LogP contribution in [-0.4, -0.2) is 29.1 Å². The Balaban J connectivity index is 1.54. The minimum Gasteiger partial charge on any atom is -0.495 e. The highest BCUT2D eigenvalue weighted by Crippen LogP contribution is 2.23. The molecule has 0 aliphatic carbocycles. The number of ether oxygens (including phenoxy) is 2. The molecule has 0 spiro atoms. The number of methoxy groups -OCH3 is 1. The fraction of sp³-hybridized carbons (Fsp3) is 0.222. The largest absolute Gasteiger partial charge is 0.495 e. The number of para-hydroxylation sites is 2. The Morgan fingerprint density at radius 3 is 2.78 bits per heavy atom. The van der Waals surface area contributed by atoms with Crippen molar-refractivity contribution in [2.45, 2.75) is 20.0 Å². The molecular weight excluding hydrogens is 354 g/mol. The van der Waals surface area contributed by atoms with E-state index < -0.39 is 5.97 Å². The van der Waals surface area contributed by atoms with E-state index in [0.29, 0.717) is 22.8 Å². The highest BCUT2D eigenvalue weighted by atomic mass is 16.6. The number of nitrogens with one attached hydrogen (secondary N) is 1. The summed E-state index contributed by atoms with van der Waals surface area (Å²) in [4.78, 5) is 28.1. The topological polar surface area (TPSA) is 117 Å². The normalized spacial score (nSPS) is 10.4. The van der Waals surface area contributed by atoms with Gasteiger partial charge < -0.3 is 23.7 Å². The van der Waals surface area contributed by atoms with Crippen molar-refractivity contribution < 1.29 is 28.0 Å². The summed E-state index contributed by atoms with van der Waals surface area (Å²) < 4.78 is 20.3. The van der Waals surface area contributed by atoms with Gasteiger partial charge in [0.1, 0.15) is 17.1 Å².